The van der Waals surface area contributed by atoms with Gasteiger partial charge in [-0.1, -0.05) is 18.5 Å². The summed E-state index contributed by atoms with van der Waals surface area (Å²) in [6.45, 7) is 4.50. The van der Waals surface area contributed by atoms with Crippen LogP contribution in [0.15, 0.2) is 6.33 Å². The van der Waals surface area contributed by atoms with Gasteiger partial charge in [0.05, 0.1) is 5.56 Å². The predicted octanol–water partition coefficient (Wildman–Crippen LogP) is 2.17. The largest absolute Gasteiger partial charge is 0.381 e. The summed E-state index contributed by atoms with van der Waals surface area (Å²) in [5.74, 6) is 0.498. The SMILES string of the molecule is CC1(CNc2ncnc(Cl)c2C=O)CCOCC1. The lowest BCUT2D eigenvalue weighted by Gasteiger charge is -2.33. The smallest absolute Gasteiger partial charge is 0.156 e. The highest BCUT2D eigenvalue weighted by Crippen LogP contribution is 2.30. The van der Waals surface area contributed by atoms with Gasteiger partial charge in [-0.2, -0.15) is 0 Å². The molecule has 1 aromatic rings. The van der Waals surface area contributed by atoms with Gasteiger partial charge in [-0.05, 0) is 18.3 Å². The van der Waals surface area contributed by atoms with Crippen molar-refractivity contribution >= 4 is 23.7 Å². The van der Waals surface area contributed by atoms with Crippen molar-refractivity contribution in [3.8, 4) is 0 Å². The maximum Gasteiger partial charge on any atom is 0.156 e. The summed E-state index contributed by atoms with van der Waals surface area (Å²) in [5.41, 5.74) is 0.477. The molecule has 0 unspecified atom stereocenters. The van der Waals surface area contributed by atoms with E-state index in [9.17, 15) is 4.79 Å². The second kappa shape index (κ2) is 5.63. The monoisotopic (exact) mass is 269 g/mol. The zero-order valence-electron chi connectivity index (χ0n) is 10.3. The third-order valence-corrected chi connectivity index (χ3v) is 3.64. The first kappa shape index (κ1) is 13.2. The Kier molecular flexibility index (Phi) is 4.14. The number of anilines is 1. The van der Waals surface area contributed by atoms with Crippen LogP contribution in [0, 0.1) is 5.41 Å². The van der Waals surface area contributed by atoms with Gasteiger partial charge in [0, 0.05) is 19.8 Å². The normalized spacial score (nSPS) is 18.3. The molecule has 0 radical (unpaired) electrons. The maximum absolute atomic E-state index is 11.0. The molecule has 18 heavy (non-hydrogen) atoms. The highest BCUT2D eigenvalue weighted by Gasteiger charge is 2.27. The van der Waals surface area contributed by atoms with Crippen LogP contribution in [0.25, 0.3) is 0 Å². The van der Waals surface area contributed by atoms with E-state index >= 15 is 0 Å². The van der Waals surface area contributed by atoms with Crippen LogP contribution in [-0.4, -0.2) is 36.0 Å². The molecule has 1 fully saturated rings. The number of carbonyl (C=O) groups is 1. The average Bonchev–Trinajstić information content (AvgIpc) is 2.37. The molecule has 2 heterocycles. The first-order valence-corrected chi connectivity index (χ1v) is 6.30. The van der Waals surface area contributed by atoms with Crippen molar-refractivity contribution in [3.63, 3.8) is 0 Å². The lowest BCUT2D eigenvalue weighted by molar-refractivity contribution is 0.0299. The highest BCUT2D eigenvalue weighted by molar-refractivity contribution is 6.32. The van der Waals surface area contributed by atoms with Crippen molar-refractivity contribution in [3.05, 3.63) is 17.0 Å². The molecule has 98 valence electrons. The molecule has 1 aromatic heterocycles. The van der Waals surface area contributed by atoms with Gasteiger partial charge in [-0.3, -0.25) is 4.79 Å². The van der Waals surface area contributed by atoms with E-state index in [0.29, 0.717) is 17.7 Å². The minimum atomic E-state index is 0.163. The fraction of sp³-hybridized carbons (Fsp3) is 0.583. The molecule has 0 atom stereocenters. The fourth-order valence-electron chi connectivity index (χ4n) is 1.96. The van der Waals surface area contributed by atoms with E-state index in [-0.39, 0.29) is 10.6 Å². The number of nitrogens with zero attached hydrogens (tertiary/aromatic N) is 2. The summed E-state index contributed by atoms with van der Waals surface area (Å²) in [6, 6.07) is 0. The van der Waals surface area contributed by atoms with Crippen LogP contribution in [0.5, 0.6) is 0 Å². The second-order valence-corrected chi connectivity index (χ2v) is 5.18. The van der Waals surface area contributed by atoms with Crippen molar-refractivity contribution in [2.45, 2.75) is 19.8 Å². The van der Waals surface area contributed by atoms with E-state index < -0.39 is 0 Å². The lowest BCUT2D eigenvalue weighted by Crippen LogP contribution is -2.33. The van der Waals surface area contributed by atoms with Crippen LogP contribution in [0.1, 0.15) is 30.1 Å². The Morgan fingerprint density at radius 2 is 2.22 bits per heavy atom. The van der Waals surface area contributed by atoms with E-state index in [4.69, 9.17) is 16.3 Å². The summed E-state index contributed by atoms with van der Waals surface area (Å²) in [4.78, 5) is 18.8. The molecular formula is C12H16ClN3O2. The van der Waals surface area contributed by atoms with Crippen molar-refractivity contribution in [1.82, 2.24) is 9.97 Å². The summed E-state index contributed by atoms with van der Waals surface area (Å²) >= 11 is 5.84. The van der Waals surface area contributed by atoms with Crippen molar-refractivity contribution < 1.29 is 9.53 Å². The number of hydrogen-bond donors (Lipinski definition) is 1. The number of ether oxygens (including phenoxy) is 1. The van der Waals surface area contributed by atoms with Crippen LogP contribution in [0.2, 0.25) is 5.15 Å². The number of aromatic nitrogens is 2. The molecule has 0 spiro atoms. The molecule has 0 aromatic carbocycles. The molecule has 0 aliphatic carbocycles. The molecule has 1 aliphatic heterocycles. The highest BCUT2D eigenvalue weighted by atomic mass is 35.5. The van der Waals surface area contributed by atoms with Gasteiger partial charge in [0.2, 0.25) is 0 Å². The number of halogens is 1. The minimum Gasteiger partial charge on any atom is -0.381 e. The van der Waals surface area contributed by atoms with Crippen molar-refractivity contribution in [2.75, 3.05) is 25.1 Å². The Labute approximate surface area is 111 Å². The quantitative estimate of drug-likeness (QED) is 0.670. The van der Waals surface area contributed by atoms with Crippen molar-refractivity contribution in [2.24, 2.45) is 5.41 Å². The van der Waals surface area contributed by atoms with Gasteiger partial charge in [-0.15, -0.1) is 0 Å². The van der Waals surface area contributed by atoms with Gasteiger partial charge in [-0.25, -0.2) is 9.97 Å². The third kappa shape index (κ3) is 2.97. The molecule has 6 heteroatoms. The first-order valence-electron chi connectivity index (χ1n) is 5.92. The molecule has 2 rings (SSSR count). The van der Waals surface area contributed by atoms with Gasteiger partial charge >= 0.3 is 0 Å². The molecule has 1 aliphatic rings. The first-order chi connectivity index (χ1) is 8.64. The summed E-state index contributed by atoms with van der Waals surface area (Å²) in [7, 11) is 0. The molecule has 1 N–H and O–H groups in total. The fourth-order valence-corrected chi connectivity index (χ4v) is 2.14. The van der Waals surface area contributed by atoms with Crippen LogP contribution in [-0.2, 0) is 4.74 Å². The Morgan fingerprint density at radius 1 is 1.50 bits per heavy atom. The maximum atomic E-state index is 11.0. The Balaban J connectivity index is 2.05. The van der Waals surface area contributed by atoms with Crippen LogP contribution < -0.4 is 5.32 Å². The Morgan fingerprint density at radius 3 is 2.89 bits per heavy atom. The molecule has 0 bridgehead atoms. The van der Waals surface area contributed by atoms with E-state index in [1.165, 1.54) is 6.33 Å². The number of aldehydes is 1. The average molecular weight is 270 g/mol. The number of carbonyl (C=O) groups excluding carboxylic acids is 1. The molecule has 0 saturated carbocycles. The van der Waals surface area contributed by atoms with Crippen LogP contribution >= 0.6 is 11.6 Å². The molecule has 5 nitrogen and oxygen atoms in total. The number of rotatable bonds is 4. The minimum absolute atomic E-state index is 0.163. The van der Waals surface area contributed by atoms with Crippen LogP contribution in [0.4, 0.5) is 5.82 Å². The topological polar surface area (TPSA) is 64.1 Å². The predicted molar refractivity (Wildman–Crippen MR) is 69.1 cm³/mol. The standard InChI is InChI=1S/C12H16ClN3O2/c1-12(2-4-18-5-3-12)7-14-11-9(6-17)10(13)15-8-16-11/h6,8H,2-5,7H2,1H3,(H,14,15,16). The zero-order chi connectivity index (χ0) is 13.0. The lowest BCUT2D eigenvalue weighted by atomic mass is 9.82. The molecule has 0 amide bonds. The van der Waals surface area contributed by atoms with E-state index in [0.717, 1.165) is 32.6 Å². The van der Waals surface area contributed by atoms with E-state index in [1.54, 1.807) is 0 Å². The molecular weight excluding hydrogens is 254 g/mol. The second-order valence-electron chi connectivity index (χ2n) is 4.82. The summed E-state index contributed by atoms with van der Waals surface area (Å²) in [6.07, 6.45) is 4.02. The Hall–Kier alpha value is -1.20. The Bertz CT molecular complexity index is 433. The summed E-state index contributed by atoms with van der Waals surface area (Å²) in [5, 5.41) is 3.37. The number of nitrogens with one attached hydrogen (secondary N) is 1. The van der Waals surface area contributed by atoms with Gasteiger partial charge in [0.15, 0.2) is 6.29 Å². The van der Waals surface area contributed by atoms with Crippen LogP contribution in [0.3, 0.4) is 0 Å². The van der Waals surface area contributed by atoms with Gasteiger partial charge in [0.25, 0.3) is 0 Å². The van der Waals surface area contributed by atoms with E-state index in [1.807, 2.05) is 0 Å². The van der Waals surface area contributed by atoms with Gasteiger partial charge < -0.3 is 10.1 Å². The molecule has 1 saturated heterocycles. The summed E-state index contributed by atoms with van der Waals surface area (Å²) < 4.78 is 5.35. The van der Waals surface area contributed by atoms with E-state index in [2.05, 4.69) is 22.2 Å². The zero-order valence-corrected chi connectivity index (χ0v) is 11.0. The van der Waals surface area contributed by atoms with Crippen molar-refractivity contribution in [1.29, 1.82) is 0 Å². The number of hydrogen-bond acceptors (Lipinski definition) is 5. The van der Waals surface area contributed by atoms with Gasteiger partial charge in [0.1, 0.15) is 17.3 Å². The third-order valence-electron chi connectivity index (χ3n) is 3.34.